The zero-order chi connectivity index (χ0) is 19.2. The maximum absolute atomic E-state index is 12.1. The van der Waals surface area contributed by atoms with Crippen LogP contribution in [0.3, 0.4) is 0 Å². The van der Waals surface area contributed by atoms with E-state index in [4.69, 9.17) is 4.74 Å². The minimum atomic E-state index is -0.153. The van der Waals surface area contributed by atoms with Crippen LogP contribution in [0.25, 0.3) is 10.9 Å². The molecule has 5 nitrogen and oxygen atoms in total. The Labute approximate surface area is 162 Å². The van der Waals surface area contributed by atoms with E-state index in [9.17, 15) is 4.79 Å². The molecule has 6 heteroatoms. The fraction of sp³-hybridized carbons (Fsp3) is 0.190. The SMILES string of the molecule is COc1ccc(/C=N\NC(=O)CSc2cc(C)nc3ccc(C)cc23)cc1. The second-order valence-electron chi connectivity index (χ2n) is 6.14. The topological polar surface area (TPSA) is 63.6 Å². The predicted molar refractivity (Wildman–Crippen MR) is 111 cm³/mol. The number of hydrazone groups is 1. The maximum atomic E-state index is 12.1. The molecule has 0 aliphatic rings. The van der Waals surface area contributed by atoms with Crippen molar-refractivity contribution in [2.45, 2.75) is 18.7 Å². The van der Waals surface area contributed by atoms with Crippen molar-refractivity contribution >= 4 is 34.8 Å². The van der Waals surface area contributed by atoms with Crippen LogP contribution < -0.4 is 10.2 Å². The second-order valence-corrected chi connectivity index (χ2v) is 7.15. The molecule has 1 aromatic heterocycles. The van der Waals surface area contributed by atoms with Gasteiger partial charge in [-0.05, 0) is 61.9 Å². The van der Waals surface area contributed by atoms with E-state index >= 15 is 0 Å². The van der Waals surface area contributed by atoms with Crippen LogP contribution in [0.4, 0.5) is 0 Å². The summed E-state index contributed by atoms with van der Waals surface area (Å²) in [6, 6.07) is 15.6. The minimum absolute atomic E-state index is 0.153. The number of rotatable bonds is 6. The lowest BCUT2D eigenvalue weighted by atomic mass is 10.1. The number of nitrogens with zero attached hydrogens (tertiary/aromatic N) is 2. The Balaban J connectivity index is 1.61. The van der Waals surface area contributed by atoms with Crippen molar-refractivity contribution < 1.29 is 9.53 Å². The number of fused-ring (bicyclic) bond motifs is 1. The summed E-state index contributed by atoms with van der Waals surface area (Å²) < 4.78 is 5.11. The predicted octanol–water partition coefficient (Wildman–Crippen LogP) is 4.10. The van der Waals surface area contributed by atoms with Crippen LogP contribution in [0.1, 0.15) is 16.8 Å². The number of carbonyl (C=O) groups is 1. The van der Waals surface area contributed by atoms with Crippen molar-refractivity contribution in [3.63, 3.8) is 0 Å². The molecule has 0 spiro atoms. The standard InChI is InChI=1S/C21H21N3O2S/c1-14-4-9-19-18(10-14)20(11-15(2)23-19)27-13-21(25)24-22-12-16-5-7-17(26-3)8-6-16/h4-12H,13H2,1-3H3,(H,24,25)/b22-12-. The lowest BCUT2D eigenvalue weighted by Gasteiger charge is -2.08. The number of aryl methyl sites for hydroxylation is 2. The fourth-order valence-electron chi connectivity index (χ4n) is 2.60. The Bertz CT molecular complexity index is 985. The van der Waals surface area contributed by atoms with Crippen molar-refractivity contribution in [2.24, 2.45) is 5.10 Å². The molecule has 3 rings (SSSR count). The van der Waals surface area contributed by atoms with Gasteiger partial charge in [0.15, 0.2) is 0 Å². The van der Waals surface area contributed by atoms with E-state index in [-0.39, 0.29) is 11.7 Å². The third-order valence-electron chi connectivity index (χ3n) is 3.93. The number of aromatic nitrogens is 1. The molecule has 3 aromatic rings. The number of hydrogen-bond donors (Lipinski definition) is 1. The molecule has 0 unspecified atom stereocenters. The third kappa shape index (κ3) is 5.08. The van der Waals surface area contributed by atoms with Crippen LogP contribution in [-0.2, 0) is 4.79 Å². The molecule has 1 heterocycles. The molecule has 0 radical (unpaired) electrons. The molecule has 2 aromatic carbocycles. The number of methoxy groups -OCH3 is 1. The molecule has 0 aliphatic carbocycles. The van der Waals surface area contributed by atoms with Gasteiger partial charge in [0.05, 0.1) is 24.6 Å². The van der Waals surface area contributed by atoms with Gasteiger partial charge in [-0.3, -0.25) is 9.78 Å². The van der Waals surface area contributed by atoms with E-state index in [0.717, 1.165) is 32.8 Å². The first kappa shape index (κ1) is 18.9. The maximum Gasteiger partial charge on any atom is 0.250 e. The summed E-state index contributed by atoms with van der Waals surface area (Å²) in [5.41, 5.74) is 6.50. The Morgan fingerprint density at radius 1 is 1.19 bits per heavy atom. The summed E-state index contributed by atoms with van der Waals surface area (Å²) in [7, 11) is 1.62. The van der Waals surface area contributed by atoms with Gasteiger partial charge >= 0.3 is 0 Å². The molecule has 1 N–H and O–H groups in total. The van der Waals surface area contributed by atoms with E-state index < -0.39 is 0 Å². The molecule has 138 valence electrons. The Kier molecular flexibility index (Phi) is 6.08. The lowest BCUT2D eigenvalue weighted by Crippen LogP contribution is -2.19. The largest absolute Gasteiger partial charge is 0.497 e. The average Bonchev–Trinajstić information content (AvgIpc) is 2.67. The van der Waals surface area contributed by atoms with Crippen LogP contribution in [-0.4, -0.2) is 30.0 Å². The lowest BCUT2D eigenvalue weighted by molar-refractivity contribution is -0.118. The van der Waals surface area contributed by atoms with Crippen LogP contribution in [0.15, 0.2) is 58.5 Å². The normalized spacial score (nSPS) is 11.1. The van der Waals surface area contributed by atoms with Gasteiger partial charge in [-0.15, -0.1) is 11.8 Å². The van der Waals surface area contributed by atoms with Gasteiger partial charge in [0.25, 0.3) is 0 Å². The van der Waals surface area contributed by atoms with Crippen LogP contribution in [0.5, 0.6) is 5.75 Å². The van der Waals surface area contributed by atoms with Gasteiger partial charge in [0.1, 0.15) is 5.75 Å². The number of hydrogen-bond acceptors (Lipinski definition) is 5. The summed E-state index contributed by atoms with van der Waals surface area (Å²) in [6.45, 7) is 4.01. The van der Waals surface area contributed by atoms with Gasteiger partial charge in [-0.1, -0.05) is 11.6 Å². The number of amides is 1. The van der Waals surface area contributed by atoms with Crippen molar-refractivity contribution in [1.29, 1.82) is 0 Å². The summed E-state index contributed by atoms with van der Waals surface area (Å²) in [5, 5.41) is 5.08. The fourth-order valence-corrected chi connectivity index (χ4v) is 3.52. The van der Waals surface area contributed by atoms with Gasteiger partial charge in [0.2, 0.25) is 5.91 Å². The minimum Gasteiger partial charge on any atom is -0.497 e. The third-order valence-corrected chi connectivity index (χ3v) is 4.99. The number of thioether (sulfide) groups is 1. The Hall–Kier alpha value is -2.86. The number of ether oxygens (including phenoxy) is 1. The zero-order valence-electron chi connectivity index (χ0n) is 15.5. The molecular weight excluding hydrogens is 358 g/mol. The van der Waals surface area contributed by atoms with Gasteiger partial charge in [-0.2, -0.15) is 5.10 Å². The average molecular weight is 379 g/mol. The molecule has 0 saturated carbocycles. The Morgan fingerprint density at radius 2 is 1.96 bits per heavy atom. The molecule has 27 heavy (non-hydrogen) atoms. The van der Waals surface area contributed by atoms with Gasteiger partial charge in [0, 0.05) is 16.0 Å². The first-order chi connectivity index (χ1) is 13.0. The second kappa shape index (κ2) is 8.68. The highest BCUT2D eigenvalue weighted by Crippen LogP contribution is 2.28. The number of nitrogens with one attached hydrogen (secondary N) is 1. The van der Waals surface area contributed by atoms with Crippen molar-refractivity contribution in [2.75, 3.05) is 12.9 Å². The van der Waals surface area contributed by atoms with Gasteiger partial charge < -0.3 is 4.74 Å². The zero-order valence-corrected chi connectivity index (χ0v) is 16.3. The highest BCUT2D eigenvalue weighted by Gasteiger charge is 2.08. The summed E-state index contributed by atoms with van der Waals surface area (Å²) in [4.78, 5) is 17.7. The van der Waals surface area contributed by atoms with E-state index in [1.165, 1.54) is 17.3 Å². The first-order valence-corrected chi connectivity index (χ1v) is 9.50. The molecule has 1 amide bonds. The van der Waals surface area contributed by atoms with Crippen molar-refractivity contribution in [3.05, 3.63) is 65.4 Å². The number of pyridine rings is 1. The van der Waals surface area contributed by atoms with Gasteiger partial charge in [-0.25, -0.2) is 5.43 Å². The van der Waals surface area contributed by atoms with Crippen molar-refractivity contribution in [1.82, 2.24) is 10.4 Å². The molecule has 0 aliphatic heterocycles. The quantitative estimate of drug-likeness (QED) is 0.398. The first-order valence-electron chi connectivity index (χ1n) is 8.52. The number of carbonyl (C=O) groups excluding carboxylic acids is 1. The molecule has 0 saturated heterocycles. The summed E-state index contributed by atoms with van der Waals surface area (Å²) in [6.07, 6.45) is 1.61. The van der Waals surface area contributed by atoms with Crippen LogP contribution >= 0.6 is 11.8 Å². The molecule has 0 bridgehead atoms. The monoisotopic (exact) mass is 379 g/mol. The molecule has 0 atom stereocenters. The smallest absolute Gasteiger partial charge is 0.250 e. The van der Waals surface area contributed by atoms with Crippen molar-refractivity contribution in [3.8, 4) is 5.75 Å². The highest BCUT2D eigenvalue weighted by molar-refractivity contribution is 8.00. The van der Waals surface area contributed by atoms with Crippen LogP contribution in [0, 0.1) is 13.8 Å². The summed E-state index contributed by atoms with van der Waals surface area (Å²) in [5.74, 6) is 0.912. The van der Waals surface area contributed by atoms with E-state index in [0.29, 0.717) is 0 Å². The summed E-state index contributed by atoms with van der Waals surface area (Å²) >= 11 is 1.49. The van der Waals surface area contributed by atoms with Crippen LogP contribution in [0.2, 0.25) is 0 Å². The molecule has 0 fully saturated rings. The van der Waals surface area contributed by atoms with E-state index in [1.54, 1.807) is 13.3 Å². The highest BCUT2D eigenvalue weighted by atomic mass is 32.2. The van der Waals surface area contributed by atoms with E-state index in [1.807, 2.05) is 56.3 Å². The number of benzene rings is 2. The molecular formula is C21H21N3O2S. The van der Waals surface area contributed by atoms with E-state index in [2.05, 4.69) is 21.6 Å². The Morgan fingerprint density at radius 3 is 2.70 bits per heavy atom.